The van der Waals surface area contributed by atoms with E-state index < -0.39 is 0 Å². The molecule has 0 amide bonds. The Hall–Kier alpha value is -1.90. The summed E-state index contributed by atoms with van der Waals surface area (Å²) in [5.41, 5.74) is 4.39. The zero-order valence-corrected chi connectivity index (χ0v) is 14.0. The molecule has 0 saturated carbocycles. The van der Waals surface area contributed by atoms with Crippen molar-refractivity contribution in [2.75, 3.05) is 13.1 Å². The van der Waals surface area contributed by atoms with Crippen molar-refractivity contribution in [3.63, 3.8) is 0 Å². The lowest BCUT2D eigenvalue weighted by Gasteiger charge is -2.33. The van der Waals surface area contributed by atoms with Crippen molar-refractivity contribution in [2.24, 2.45) is 0 Å². The number of nitrogens with zero attached hydrogens (tertiary/aromatic N) is 1. The number of hydrogen-bond donors (Lipinski definition) is 0. The first-order chi connectivity index (χ1) is 11.4. The minimum Gasteiger partial charge on any atom is -0.298 e. The molecule has 0 saturated heterocycles. The number of benzene rings is 2. The van der Waals surface area contributed by atoms with Gasteiger partial charge in [0.05, 0.1) is 0 Å². The second-order valence-corrected chi connectivity index (χ2v) is 7.19. The maximum absolute atomic E-state index is 2.61. The molecule has 1 atom stereocenters. The first-order valence-electron chi connectivity index (χ1n) is 8.27. The molecule has 0 spiro atoms. The molecule has 1 aliphatic heterocycles. The van der Waals surface area contributed by atoms with E-state index in [9.17, 15) is 0 Å². The summed E-state index contributed by atoms with van der Waals surface area (Å²) in [6, 6.07) is 24.1. The molecule has 1 unspecified atom stereocenters. The normalized spacial score (nSPS) is 17.8. The molecule has 0 aliphatic carbocycles. The summed E-state index contributed by atoms with van der Waals surface area (Å²) in [7, 11) is 0. The molecule has 1 nitrogen and oxygen atoms in total. The summed E-state index contributed by atoms with van der Waals surface area (Å²) in [5.74, 6) is 0.524. The molecular weight excluding hydrogens is 298 g/mol. The van der Waals surface area contributed by atoms with Crippen LogP contribution in [-0.2, 0) is 13.0 Å². The largest absolute Gasteiger partial charge is 0.298 e. The van der Waals surface area contributed by atoms with Gasteiger partial charge in [-0.1, -0.05) is 60.7 Å². The van der Waals surface area contributed by atoms with Crippen LogP contribution in [0.3, 0.4) is 0 Å². The summed E-state index contributed by atoms with van der Waals surface area (Å²) in [6.45, 7) is 3.35. The van der Waals surface area contributed by atoms with Gasteiger partial charge in [0.25, 0.3) is 0 Å². The maximum Gasteiger partial charge on any atom is 0.0314 e. The molecule has 0 N–H and O–H groups in total. The minimum atomic E-state index is 0.524. The minimum absolute atomic E-state index is 0.524. The molecule has 0 fully saturated rings. The molecule has 1 aliphatic rings. The molecule has 2 heterocycles. The molecule has 4 rings (SSSR count). The number of thiophene rings is 1. The molecule has 0 radical (unpaired) electrons. The van der Waals surface area contributed by atoms with Crippen LogP contribution in [0.5, 0.6) is 0 Å². The van der Waals surface area contributed by atoms with Gasteiger partial charge >= 0.3 is 0 Å². The van der Waals surface area contributed by atoms with E-state index in [-0.39, 0.29) is 0 Å². The molecule has 3 aromatic rings. The summed E-state index contributed by atoms with van der Waals surface area (Å²) in [4.78, 5) is 4.17. The molecule has 1 aromatic heterocycles. The second-order valence-electron chi connectivity index (χ2n) is 6.24. The Bertz CT molecular complexity index is 748. The van der Waals surface area contributed by atoms with E-state index in [0.717, 1.165) is 26.1 Å². The summed E-state index contributed by atoms with van der Waals surface area (Å²) in [5, 5.41) is 2.25. The molecule has 23 heavy (non-hydrogen) atoms. The van der Waals surface area contributed by atoms with E-state index in [0.29, 0.717) is 5.92 Å². The third-order valence-electron chi connectivity index (χ3n) is 4.69. The van der Waals surface area contributed by atoms with Crippen LogP contribution in [0.1, 0.15) is 27.5 Å². The Morgan fingerprint density at radius 2 is 1.65 bits per heavy atom. The van der Waals surface area contributed by atoms with Gasteiger partial charge in [0.15, 0.2) is 0 Å². The van der Waals surface area contributed by atoms with Crippen molar-refractivity contribution in [1.29, 1.82) is 0 Å². The first kappa shape index (κ1) is 14.7. The van der Waals surface area contributed by atoms with Crippen LogP contribution in [0.2, 0.25) is 0 Å². The van der Waals surface area contributed by atoms with Crippen molar-refractivity contribution in [3.8, 4) is 0 Å². The van der Waals surface area contributed by atoms with Gasteiger partial charge in [-0.2, -0.15) is 0 Å². The predicted molar refractivity (Wildman–Crippen MR) is 98.0 cm³/mol. The highest BCUT2D eigenvalue weighted by molar-refractivity contribution is 7.10. The van der Waals surface area contributed by atoms with Crippen LogP contribution in [0.4, 0.5) is 0 Å². The van der Waals surface area contributed by atoms with Crippen molar-refractivity contribution < 1.29 is 0 Å². The Kier molecular flexibility index (Phi) is 4.27. The number of rotatable bonds is 4. The molecule has 0 bridgehead atoms. The van der Waals surface area contributed by atoms with Gasteiger partial charge in [0.2, 0.25) is 0 Å². The van der Waals surface area contributed by atoms with E-state index >= 15 is 0 Å². The topological polar surface area (TPSA) is 3.24 Å². The molecular formula is C21H21NS. The van der Waals surface area contributed by atoms with Crippen molar-refractivity contribution in [1.82, 2.24) is 4.90 Å². The smallest absolute Gasteiger partial charge is 0.0314 e. The van der Waals surface area contributed by atoms with Crippen LogP contribution in [0, 0.1) is 0 Å². The lowest BCUT2D eigenvalue weighted by Crippen LogP contribution is -2.34. The van der Waals surface area contributed by atoms with E-state index in [1.807, 2.05) is 11.3 Å². The van der Waals surface area contributed by atoms with Crippen molar-refractivity contribution in [3.05, 3.63) is 93.7 Å². The van der Waals surface area contributed by atoms with Gasteiger partial charge in [-0.05, 0) is 34.6 Å². The highest BCUT2D eigenvalue weighted by Gasteiger charge is 2.27. The highest BCUT2D eigenvalue weighted by atomic mass is 32.1. The Balaban J connectivity index is 1.53. The molecule has 116 valence electrons. The van der Waals surface area contributed by atoms with Crippen molar-refractivity contribution >= 4 is 11.3 Å². The quantitative estimate of drug-likeness (QED) is 0.658. The predicted octanol–water partition coefficient (Wildman–Crippen LogP) is 4.94. The Morgan fingerprint density at radius 1 is 0.913 bits per heavy atom. The fourth-order valence-corrected chi connectivity index (χ4v) is 4.51. The molecule has 2 aromatic carbocycles. The Labute approximate surface area is 142 Å². The third kappa shape index (κ3) is 3.24. The summed E-state index contributed by atoms with van der Waals surface area (Å²) in [6.07, 6.45) is 1.13. The third-order valence-corrected chi connectivity index (χ3v) is 5.77. The number of hydrogen-bond acceptors (Lipinski definition) is 2. The average molecular weight is 319 g/mol. The van der Waals surface area contributed by atoms with E-state index in [1.165, 1.54) is 16.7 Å². The van der Waals surface area contributed by atoms with Crippen LogP contribution >= 0.6 is 11.3 Å². The maximum atomic E-state index is 2.61. The fourth-order valence-electron chi connectivity index (χ4n) is 3.47. The fraction of sp³-hybridized carbons (Fsp3) is 0.238. The monoisotopic (exact) mass is 319 g/mol. The van der Waals surface area contributed by atoms with Crippen LogP contribution in [-0.4, -0.2) is 18.0 Å². The van der Waals surface area contributed by atoms with Crippen LogP contribution in [0.25, 0.3) is 0 Å². The van der Waals surface area contributed by atoms with Gasteiger partial charge in [-0.25, -0.2) is 0 Å². The lowest BCUT2D eigenvalue weighted by atomic mass is 9.91. The van der Waals surface area contributed by atoms with E-state index in [1.54, 1.807) is 4.88 Å². The first-order valence-corrected chi connectivity index (χ1v) is 9.15. The van der Waals surface area contributed by atoms with Crippen LogP contribution in [0.15, 0.2) is 72.1 Å². The zero-order valence-electron chi connectivity index (χ0n) is 13.2. The van der Waals surface area contributed by atoms with Gasteiger partial charge in [-0.15, -0.1) is 11.3 Å². The average Bonchev–Trinajstić information content (AvgIpc) is 3.09. The SMILES string of the molecule is c1ccc(CCN2Cc3ccsc3C(c3ccccc3)C2)cc1. The number of fused-ring (bicyclic) bond motifs is 1. The lowest BCUT2D eigenvalue weighted by molar-refractivity contribution is 0.246. The van der Waals surface area contributed by atoms with Gasteiger partial charge in [0.1, 0.15) is 0 Å². The van der Waals surface area contributed by atoms with E-state index in [2.05, 4.69) is 77.0 Å². The van der Waals surface area contributed by atoms with E-state index in [4.69, 9.17) is 0 Å². The molecule has 2 heteroatoms. The second kappa shape index (κ2) is 6.69. The zero-order chi connectivity index (χ0) is 15.5. The Morgan fingerprint density at radius 3 is 2.43 bits per heavy atom. The van der Waals surface area contributed by atoms with Crippen LogP contribution < -0.4 is 0 Å². The van der Waals surface area contributed by atoms with Crippen molar-refractivity contribution in [2.45, 2.75) is 18.9 Å². The standard InChI is InChI=1S/C21H21NS/c1-3-7-17(8-4-1)11-13-22-15-19-12-14-23-21(19)20(16-22)18-9-5-2-6-10-18/h1-10,12,14,20H,11,13,15-16H2. The van der Waals surface area contributed by atoms with Gasteiger partial charge in [0, 0.05) is 30.4 Å². The highest BCUT2D eigenvalue weighted by Crippen LogP contribution is 2.36. The summed E-state index contributed by atoms with van der Waals surface area (Å²) < 4.78 is 0. The summed E-state index contributed by atoms with van der Waals surface area (Å²) >= 11 is 1.92. The van der Waals surface area contributed by atoms with Gasteiger partial charge < -0.3 is 0 Å². The van der Waals surface area contributed by atoms with Gasteiger partial charge in [-0.3, -0.25) is 4.90 Å².